The molecule has 0 aliphatic rings. The SMILES string of the molecule is C=Bc1cccc(CN(C=C)c2ccccc2CO)n1. The van der Waals surface area contributed by atoms with Crippen molar-refractivity contribution in [2.75, 3.05) is 4.90 Å². The molecule has 0 saturated heterocycles. The predicted octanol–water partition coefficient (Wildman–Crippen LogP) is 1.49. The van der Waals surface area contributed by atoms with Gasteiger partial charge in [0.05, 0.1) is 0 Å². The van der Waals surface area contributed by atoms with Crippen molar-refractivity contribution in [2.24, 2.45) is 0 Å². The van der Waals surface area contributed by atoms with E-state index in [4.69, 9.17) is 0 Å². The average molecular weight is 264 g/mol. The Morgan fingerprint density at radius 2 is 2.00 bits per heavy atom. The van der Waals surface area contributed by atoms with Gasteiger partial charge in [-0.2, -0.15) is 0 Å². The number of hydrogen-bond acceptors (Lipinski definition) is 3. The molecule has 0 aliphatic carbocycles. The molecule has 0 unspecified atom stereocenters. The number of aliphatic hydroxyl groups is 1. The van der Waals surface area contributed by atoms with Crippen LogP contribution < -0.4 is 10.5 Å². The van der Waals surface area contributed by atoms with Crippen LogP contribution in [0.25, 0.3) is 0 Å². The molecule has 0 radical (unpaired) electrons. The molecule has 0 fully saturated rings. The molecule has 3 nitrogen and oxygen atoms in total. The Morgan fingerprint density at radius 1 is 1.20 bits per heavy atom. The van der Waals surface area contributed by atoms with Crippen LogP contribution in [0.1, 0.15) is 11.3 Å². The summed E-state index contributed by atoms with van der Waals surface area (Å²) >= 11 is 0. The molecule has 2 rings (SSSR count). The second-order valence-corrected chi connectivity index (χ2v) is 4.36. The van der Waals surface area contributed by atoms with Gasteiger partial charge >= 0.3 is 119 Å². The number of anilines is 1. The summed E-state index contributed by atoms with van der Waals surface area (Å²) in [5.74, 6) is 0. The molecule has 20 heavy (non-hydrogen) atoms. The van der Waals surface area contributed by atoms with Crippen molar-refractivity contribution in [1.29, 1.82) is 0 Å². The van der Waals surface area contributed by atoms with E-state index in [9.17, 15) is 5.11 Å². The van der Waals surface area contributed by atoms with Crippen molar-refractivity contribution in [2.45, 2.75) is 13.2 Å². The first-order valence-corrected chi connectivity index (χ1v) is 6.45. The third-order valence-corrected chi connectivity index (χ3v) is 3.06. The van der Waals surface area contributed by atoms with E-state index in [2.05, 4.69) is 18.0 Å². The van der Waals surface area contributed by atoms with Gasteiger partial charge in [-0.05, 0) is 0 Å². The van der Waals surface area contributed by atoms with Crippen LogP contribution in [0, 0.1) is 0 Å². The average Bonchev–Trinajstić information content (AvgIpc) is 2.52. The Balaban J connectivity index is 2.28. The normalized spacial score (nSPS) is 9.85. The molecule has 1 heterocycles. The fourth-order valence-electron chi connectivity index (χ4n) is 2.05. The number of aliphatic hydroxyl groups excluding tert-OH is 1. The van der Waals surface area contributed by atoms with Gasteiger partial charge in [0.15, 0.2) is 0 Å². The fourth-order valence-corrected chi connectivity index (χ4v) is 2.05. The molecule has 1 aromatic heterocycles. The van der Waals surface area contributed by atoms with Gasteiger partial charge in [-0.3, -0.25) is 0 Å². The summed E-state index contributed by atoms with van der Waals surface area (Å²) in [4.78, 5) is 6.46. The minimum atomic E-state index is 0.000634. The van der Waals surface area contributed by atoms with Gasteiger partial charge in [-0.15, -0.1) is 0 Å². The Kier molecular flexibility index (Phi) is 4.85. The first-order valence-electron chi connectivity index (χ1n) is 6.45. The zero-order chi connectivity index (χ0) is 14.4. The zero-order valence-electron chi connectivity index (χ0n) is 11.4. The molecule has 0 bridgehead atoms. The molecule has 0 spiro atoms. The van der Waals surface area contributed by atoms with Crippen molar-refractivity contribution in [1.82, 2.24) is 4.98 Å². The van der Waals surface area contributed by atoms with Crippen molar-refractivity contribution >= 4 is 24.7 Å². The van der Waals surface area contributed by atoms with E-state index in [1.165, 1.54) is 0 Å². The molecular formula is C16H17BN2O. The van der Waals surface area contributed by atoms with Gasteiger partial charge in [0.1, 0.15) is 0 Å². The van der Waals surface area contributed by atoms with Crippen LogP contribution in [0.5, 0.6) is 0 Å². The van der Waals surface area contributed by atoms with E-state index in [1.807, 2.05) is 47.4 Å². The molecule has 0 saturated carbocycles. The molecule has 2 aromatic rings. The monoisotopic (exact) mass is 264 g/mol. The molecule has 0 atom stereocenters. The summed E-state index contributed by atoms with van der Waals surface area (Å²) in [5.41, 5.74) is 3.58. The van der Waals surface area contributed by atoms with Crippen LogP contribution in [0.15, 0.2) is 55.2 Å². The topological polar surface area (TPSA) is 36.4 Å². The summed E-state index contributed by atoms with van der Waals surface area (Å²) in [6, 6.07) is 13.6. The minimum absolute atomic E-state index is 0.000634. The first-order chi connectivity index (χ1) is 9.78. The Labute approximate surface area is 120 Å². The molecule has 1 aromatic carbocycles. The van der Waals surface area contributed by atoms with E-state index in [0.717, 1.165) is 22.5 Å². The summed E-state index contributed by atoms with van der Waals surface area (Å²) < 4.78 is 0. The zero-order valence-corrected chi connectivity index (χ0v) is 11.4. The molecule has 100 valence electrons. The van der Waals surface area contributed by atoms with Gasteiger partial charge in [0, 0.05) is 0 Å². The van der Waals surface area contributed by atoms with E-state index in [0.29, 0.717) is 6.54 Å². The predicted molar refractivity (Wildman–Crippen MR) is 85.5 cm³/mol. The summed E-state index contributed by atoms with van der Waals surface area (Å²) in [7, 11) is 0. The molecule has 0 aliphatic heterocycles. The third kappa shape index (κ3) is 3.22. The standard InChI is InChI=1S/C16H17BN2O/c1-3-19(15-9-5-4-7-13(15)12-20)11-14-8-6-10-16(17-2)18-14/h3-10,20H,1-2,11-12H2. The fraction of sp³-hybridized carbons (Fsp3) is 0.125. The van der Waals surface area contributed by atoms with Gasteiger partial charge in [-0.1, -0.05) is 0 Å². The van der Waals surface area contributed by atoms with Crippen molar-refractivity contribution in [3.8, 4) is 0 Å². The van der Waals surface area contributed by atoms with Crippen LogP contribution in [0.3, 0.4) is 0 Å². The summed E-state index contributed by atoms with van der Waals surface area (Å²) in [6.07, 6.45) is 1.75. The Morgan fingerprint density at radius 3 is 2.70 bits per heavy atom. The van der Waals surface area contributed by atoms with Crippen LogP contribution in [-0.2, 0) is 13.2 Å². The van der Waals surface area contributed by atoms with Crippen molar-refractivity contribution < 1.29 is 5.11 Å². The van der Waals surface area contributed by atoms with Crippen molar-refractivity contribution in [3.05, 3.63) is 66.5 Å². The Hall–Kier alpha value is -2.20. The number of hydrogen-bond donors (Lipinski definition) is 1. The van der Waals surface area contributed by atoms with Crippen LogP contribution >= 0.6 is 0 Å². The second kappa shape index (κ2) is 6.82. The van der Waals surface area contributed by atoms with E-state index in [1.54, 1.807) is 13.1 Å². The number of aromatic nitrogens is 1. The van der Waals surface area contributed by atoms with Crippen LogP contribution in [-0.4, -0.2) is 23.5 Å². The third-order valence-electron chi connectivity index (χ3n) is 3.06. The molecule has 1 N–H and O–H groups in total. The quantitative estimate of drug-likeness (QED) is 0.803. The van der Waals surface area contributed by atoms with Crippen LogP contribution in [0.2, 0.25) is 0 Å². The van der Waals surface area contributed by atoms with Gasteiger partial charge in [0.2, 0.25) is 0 Å². The maximum atomic E-state index is 9.42. The van der Waals surface area contributed by atoms with Gasteiger partial charge in [0.25, 0.3) is 0 Å². The second-order valence-electron chi connectivity index (χ2n) is 4.36. The van der Waals surface area contributed by atoms with Crippen LogP contribution in [0.4, 0.5) is 5.69 Å². The number of benzene rings is 1. The maximum absolute atomic E-state index is 9.42. The Bertz CT molecular complexity index is 613. The first kappa shape index (κ1) is 14.2. The molecular weight excluding hydrogens is 247 g/mol. The van der Waals surface area contributed by atoms with E-state index < -0.39 is 0 Å². The number of nitrogens with zero attached hydrogens (tertiary/aromatic N) is 2. The summed E-state index contributed by atoms with van der Waals surface area (Å²) in [5, 5.41) is 9.42. The van der Waals surface area contributed by atoms with Gasteiger partial charge < -0.3 is 0 Å². The van der Waals surface area contributed by atoms with Crippen molar-refractivity contribution in [3.63, 3.8) is 0 Å². The molecule has 4 heteroatoms. The van der Waals surface area contributed by atoms with E-state index in [-0.39, 0.29) is 6.61 Å². The number of para-hydroxylation sites is 1. The summed E-state index contributed by atoms with van der Waals surface area (Å²) in [6.45, 7) is 9.90. The molecule has 0 amide bonds. The number of pyridine rings is 1. The number of rotatable bonds is 6. The van der Waals surface area contributed by atoms with E-state index >= 15 is 0 Å². The van der Waals surface area contributed by atoms with Gasteiger partial charge in [-0.25, -0.2) is 0 Å².